The lowest BCUT2D eigenvalue weighted by molar-refractivity contribution is 0.0598. The minimum Gasteiger partial charge on any atom is -0.335 e. The average Bonchev–Trinajstić information content (AvgIpc) is 2.45. The van der Waals surface area contributed by atoms with Crippen molar-refractivity contribution in [2.45, 2.75) is 31.7 Å². The van der Waals surface area contributed by atoms with Crippen molar-refractivity contribution < 1.29 is 9.18 Å². The van der Waals surface area contributed by atoms with Crippen molar-refractivity contribution >= 4 is 17.5 Å². The Bertz CT molecular complexity index is 461. The molecule has 1 unspecified atom stereocenters. The highest BCUT2D eigenvalue weighted by atomic mass is 35.5. The number of rotatable bonds is 4. The maximum Gasteiger partial charge on any atom is 0.258 e. The van der Waals surface area contributed by atoms with Crippen LogP contribution in [0.5, 0.6) is 0 Å². The molecule has 0 radical (unpaired) electrons. The van der Waals surface area contributed by atoms with Gasteiger partial charge in [0, 0.05) is 12.6 Å². The summed E-state index contributed by atoms with van der Waals surface area (Å²) in [5.74, 6) is -0.825. The molecular weight excluding hydrogens is 279 g/mol. The van der Waals surface area contributed by atoms with Crippen LogP contribution in [0, 0.1) is 5.82 Å². The molecule has 0 aromatic heterocycles. The van der Waals surface area contributed by atoms with Crippen molar-refractivity contribution in [3.63, 3.8) is 0 Å². The average molecular weight is 299 g/mol. The molecule has 0 bridgehead atoms. The summed E-state index contributed by atoms with van der Waals surface area (Å²) in [6.45, 7) is 1.53. The van der Waals surface area contributed by atoms with Gasteiger partial charge in [-0.2, -0.15) is 0 Å². The number of nitrogens with one attached hydrogen (secondary N) is 1. The summed E-state index contributed by atoms with van der Waals surface area (Å²) in [5.41, 5.74) is 0.00512. The Morgan fingerprint density at radius 3 is 3.00 bits per heavy atom. The lowest BCUT2D eigenvalue weighted by atomic mass is 9.98. The van der Waals surface area contributed by atoms with Crippen LogP contribution >= 0.6 is 11.6 Å². The fourth-order valence-electron chi connectivity index (χ4n) is 2.72. The first-order chi connectivity index (χ1) is 9.65. The fraction of sp³-hybridized carbons (Fsp3) is 0.533. The minimum atomic E-state index is -0.541. The van der Waals surface area contributed by atoms with Crippen molar-refractivity contribution in [3.8, 4) is 0 Å². The molecule has 1 N–H and O–H groups in total. The van der Waals surface area contributed by atoms with Gasteiger partial charge in [0.1, 0.15) is 5.82 Å². The second-order valence-corrected chi connectivity index (χ2v) is 5.54. The van der Waals surface area contributed by atoms with Crippen LogP contribution in [0.25, 0.3) is 0 Å². The van der Waals surface area contributed by atoms with Gasteiger partial charge >= 0.3 is 0 Å². The molecule has 1 aliphatic heterocycles. The van der Waals surface area contributed by atoms with Crippen LogP contribution in [0.15, 0.2) is 18.2 Å². The molecule has 1 aromatic carbocycles. The normalized spacial score (nSPS) is 19.1. The summed E-state index contributed by atoms with van der Waals surface area (Å²) in [4.78, 5) is 14.4. The molecule has 0 saturated carbocycles. The lowest BCUT2D eigenvalue weighted by Crippen LogP contribution is -2.45. The van der Waals surface area contributed by atoms with Gasteiger partial charge in [-0.3, -0.25) is 4.79 Å². The third kappa shape index (κ3) is 3.30. The number of piperidine rings is 1. The molecule has 110 valence electrons. The maximum atomic E-state index is 13.9. The van der Waals surface area contributed by atoms with Gasteiger partial charge in [-0.1, -0.05) is 17.7 Å². The fourth-order valence-corrected chi connectivity index (χ4v) is 2.97. The van der Waals surface area contributed by atoms with Crippen LogP contribution < -0.4 is 5.32 Å². The van der Waals surface area contributed by atoms with Crippen LogP contribution in [0.2, 0.25) is 5.02 Å². The number of carbonyl (C=O) groups excluding carboxylic acids is 1. The first-order valence-electron chi connectivity index (χ1n) is 7.04. The van der Waals surface area contributed by atoms with E-state index in [2.05, 4.69) is 5.32 Å². The molecule has 1 amide bonds. The Morgan fingerprint density at radius 2 is 2.30 bits per heavy atom. The highest BCUT2D eigenvalue weighted by Crippen LogP contribution is 2.26. The number of hydrogen-bond acceptors (Lipinski definition) is 2. The summed E-state index contributed by atoms with van der Waals surface area (Å²) in [6.07, 6.45) is 3.94. The predicted molar refractivity (Wildman–Crippen MR) is 78.6 cm³/mol. The Morgan fingerprint density at radius 1 is 1.50 bits per heavy atom. The van der Waals surface area contributed by atoms with Crippen LogP contribution in [0.1, 0.15) is 36.0 Å². The Balaban J connectivity index is 2.21. The van der Waals surface area contributed by atoms with Gasteiger partial charge in [0.25, 0.3) is 5.91 Å². The molecule has 1 fully saturated rings. The van der Waals surface area contributed by atoms with Gasteiger partial charge in [0.05, 0.1) is 10.6 Å². The van der Waals surface area contributed by atoms with Gasteiger partial charge in [0.15, 0.2) is 0 Å². The van der Waals surface area contributed by atoms with Crippen molar-refractivity contribution in [1.82, 2.24) is 10.2 Å². The second kappa shape index (κ2) is 7.04. The minimum absolute atomic E-state index is 0.00512. The second-order valence-electron chi connectivity index (χ2n) is 5.14. The zero-order valence-corrected chi connectivity index (χ0v) is 12.4. The van der Waals surface area contributed by atoms with Gasteiger partial charge in [0.2, 0.25) is 0 Å². The van der Waals surface area contributed by atoms with Gasteiger partial charge in [-0.25, -0.2) is 4.39 Å². The highest BCUT2D eigenvalue weighted by Gasteiger charge is 2.29. The lowest BCUT2D eigenvalue weighted by Gasteiger charge is -2.36. The largest absolute Gasteiger partial charge is 0.335 e. The molecule has 3 nitrogen and oxygen atoms in total. The zero-order valence-electron chi connectivity index (χ0n) is 11.7. The summed E-state index contributed by atoms with van der Waals surface area (Å²) in [6, 6.07) is 4.53. The highest BCUT2D eigenvalue weighted by molar-refractivity contribution is 6.33. The third-order valence-corrected chi connectivity index (χ3v) is 4.11. The van der Waals surface area contributed by atoms with Crippen LogP contribution in [-0.4, -0.2) is 37.0 Å². The molecule has 1 heterocycles. The van der Waals surface area contributed by atoms with E-state index in [0.717, 1.165) is 32.2 Å². The van der Waals surface area contributed by atoms with Crippen molar-refractivity contribution in [3.05, 3.63) is 34.6 Å². The number of benzene rings is 1. The number of nitrogens with zero attached hydrogens (tertiary/aromatic N) is 1. The van der Waals surface area contributed by atoms with E-state index >= 15 is 0 Å². The van der Waals surface area contributed by atoms with Crippen LogP contribution in [-0.2, 0) is 0 Å². The van der Waals surface area contributed by atoms with E-state index in [1.807, 2.05) is 7.05 Å². The van der Waals surface area contributed by atoms with E-state index in [1.165, 1.54) is 12.1 Å². The standard InChI is InChI=1S/C15H20ClFN2O/c1-18-9-8-11-5-2-3-10-19(11)15(20)14-12(16)6-4-7-13(14)17/h4,6-7,11,18H,2-3,5,8-10H2,1H3. The Labute approximate surface area is 124 Å². The topological polar surface area (TPSA) is 32.3 Å². The van der Waals surface area contributed by atoms with E-state index in [-0.39, 0.29) is 22.5 Å². The smallest absolute Gasteiger partial charge is 0.258 e. The SMILES string of the molecule is CNCCC1CCCCN1C(=O)c1c(F)cccc1Cl. The maximum absolute atomic E-state index is 13.9. The third-order valence-electron chi connectivity index (χ3n) is 3.79. The molecule has 1 aromatic rings. The Kier molecular flexibility index (Phi) is 5.38. The summed E-state index contributed by atoms with van der Waals surface area (Å²) >= 11 is 6.00. The van der Waals surface area contributed by atoms with E-state index < -0.39 is 5.82 Å². The molecule has 1 saturated heterocycles. The van der Waals surface area contributed by atoms with Crippen LogP contribution in [0.3, 0.4) is 0 Å². The molecule has 0 aliphatic carbocycles. The van der Waals surface area contributed by atoms with Crippen LogP contribution in [0.4, 0.5) is 4.39 Å². The summed E-state index contributed by atoms with van der Waals surface area (Å²) in [5, 5.41) is 3.29. The first kappa shape index (κ1) is 15.3. The summed E-state index contributed by atoms with van der Waals surface area (Å²) < 4.78 is 13.9. The molecule has 20 heavy (non-hydrogen) atoms. The number of carbonyl (C=O) groups is 1. The van der Waals surface area contributed by atoms with Gasteiger partial charge in [-0.05, 0) is 51.4 Å². The van der Waals surface area contributed by atoms with E-state index in [4.69, 9.17) is 11.6 Å². The molecule has 1 atom stereocenters. The zero-order chi connectivity index (χ0) is 14.5. The van der Waals surface area contributed by atoms with E-state index in [9.17, 15) is 9.18 Å². The quantitative estimate of drug-likeness (QED) is 0.926. The predicted octanol–water partition coefficient (Wildman–Crippen LogP) is 3.08. The number of hydrogen-bond donors (Lipinski definition) is 1. The van der Waals surface area contributed by atoms with Crippen molar-refractivity contribution in [2.24, 2.45) is 0 Å². The van der Waals surface area contributed by atoms with Crippen molar-refractivity contribution in [2.75, 3.05) is 20.1 Å². The van der Waals surface area contributed by atoms with E-state index in [1.54, 1.807) is 11.0 Å². The molecular formula is C15H20ClFN2O. The number of halogens is 2. The monoisotopic (exact) mass is 298 g/mol. The Hall–Kier alpha value is -1.13. The summed E-state index contributed by atoms with van der Waals surface area (Å²) in [7, 11) is 1.89. The number of amides is 1. The molecule has 0 spiro atoms. The van der Waals surface area contributed by atoms with Gasteiger partial charge in [-0.15, -0.1) is 0 Å². The molecule has 2 rings (SSSR count). The van der Waals surface area contributed by atoms with Crippen molar-refractivity contribution in [1.29, 1.82) is 0 Å². The van der Waals surface area contributed by atoms with Gasteiger partial charge < -0.3 is 10.2 Å². The number of likely N-dealkylation sites (tertiary alicyclic amines) is 1. The first-order valence-corrected chi connectivity index (χ1v) is 7.42. The molecule has 5 heteroatoms. The van der Waals surface area contributed by atoms with E-state index in [0.29, 0.717) is 6.54 Å². The molecule has 1 aliphatic rings.